The number of rotatable bonds is 8. The van der Waals surface area contributed by atoms with E-state index in [1.54, 1.807) is 12.1 Å². The third-order valence-corrected chi connectivity index (χ3v) is 5.11. The molecule has 3 rings (SSSR count). The normalized spacial score (nSPS) is 10.2. The monoisotopic (exact) mass is 500 g/mol. The first-order valence-corrected chi connectivity index (χ1v) is 10.3. The third kappa shape index (κ3) is 6.60. The third-order valence-electron chi connectivity index (χ3n) is 4.17. The zero-order valence-electron chi connectivity index (χ0n) is 15.7. The van der Waals surface area contributed by atoms with Gasteiger partial charge in [-0.25, -0.2) is 0 Å². The molecule has 2 amide bonds. The highest BCUT2D eigenvalue weighted by molar-refractivity contribution is 14.1. The van der Waals surface area contributed by atoms with Crippen molar-refractivity contribution in [3.05, 3.63) is 93.6 Å². The SMILES string of the molecule is O=C(CNC(=O)c1ccccc1I)NCCc1ccc(Oc2ccccc2)cc1. The van der Waals surface area contributed by atoms with Gasteiger partial charge in [0.15, 0.2) is 0 Å². The summed E-state index contributed by atoms with van der Waals surface area (Å²) in [7, 11) is 0. The van der Waals surface area contributed by atoms with Crippen LogP contribution in [0.3, 0.4) is 0 Å². The van der Waals surface area contributed by atoms with Gasteiger partial charge in [-0.15, -0.1) is 0 Å². The number of hydrogen-bond acceptors (Lipinski definition) is 3. The molecule has 0 fully saturated rings. The Hall–Kier alpha value is -2.87. The fraction of sp³-hybridized carbons (Fsp3) is 0.130. The summed E-state index contributed by atoms with van der Waals surface area (Å²) in [4.78, 5) is 24.1. The number of para-hydroxylation sites is 1. The zero-order valence-corrected chi connectivity index (χ0v) is 17.9. The van der Waals surface area contributed by atoms with Gasteiger partial charge in [-0.05, 0) is 71.0 Å². The number of carbonyl (C=O) groups is 2. The molecule has 0 unspecified atom stereocenters. The number of nitrogens with one attached hydrogen (secondary N) is 2. The molecule has 29 heavy (non-hydrogen) atoms. The van der Waals surface area contributed by atoms with Crippen LogP contribution in [0.25, 0.3) is 0 Å². The van der Waals surface area contributed by atoms with Crippen LogP contribution in [0.1, 0.15) is 15.9 Å². The fourth-order valence-corrected chi connectivity index (χ4v) is 3.29. The second-order valence-corrected chi connectivity index (χ2v) is 7.48. The highest BCUT2D eigenvalue weighted by Crippen LogP contribution is 2.21. The van der Waals surface area contributed by atoms with Gasteiger partial charge in [0, 0.05) is 10.1 Å². The van der Waals surface area contributed by atoms with Crippen molar-refractivity contribution in [2.75, 3.05) is 13.1 Å². The van der Waals surface area contributed by atoms with E-state index < -0.39 is 0 Å². The van der Waals surface area contributed by atoms with E-state index in [9.17, 15) is 9.59 Å². The van der Waals surface area contributed by atoms with Crippen molar-refractivity contribution in [2.45, 2.75) is 6.42 Å². The predicted molar refractivity (Wildman–Crippen MR) is 121 cm³/mol. The first-order valence-electron chi connectivity index (χ1n) is 9.23. The smallest absolute Gasteiger partial charge is 0.252 e. The van der Waals surface area contributed by atoms with Crippen molar-refractivity contribution in [1.82, 2.24) is 10.6 Å². The number of halogens is 1. The molecule has 3 aromatic carbocycles. The van der Waals surface area contributed by atoms with Gasteiger partial charge < -0.3 is 15.4 Å². The maximum absolute atomic E-state index is 12.1. The van der Waals surface area contributed by atoms with Gasteiger partial charge in [0.25, 0.3) is 5.91 Å². The van der Waals surface area contributed by atoms with Crippen molar-refractivity contribution in [1.29, 1.82) is 0 Å². The quantitative estimate of drug-likeness (QED) is 0.457. The van der Waals surface area contributed by atoms with Crippen LogP contribution in [0, 0.1) is 3.57 Å². The van der Waals surface area contributed by atoms with E-state index in [-0.39, 0.29) is 18.4 Å². The van der Waals surface area contributed by atoms with Gasteiger partial charge in [-0.2, -0.15) is 0 Å². The lowest BCUT2D eigenvalue weighted by Gasteiger charge is -2.09. The second kappa shape index (κ2) is 10.6. The summed E-state index contributed by atoms with van der Waals surface area (Å²) >= 11 is 2.10. The van der Waals surface area contributed by atoms with Crippen molar-refractivity contribution in [2.24, 2.45) is 0 Å². The summed E-state index contributed by atoms with van der Waals surface area (Å²) in [6.07, 6.45) is 0.696. The average Bonchev–Trinajstić information content (AvgIpc) is 2.74. The molecule has 0 atom stereocenters. The lowest BCUT2D eigenvalue weighted by atomic mass is 10.1. The first-order chi connectivity index (χ1) is 14.1. The lowest BCUT2D eigenvalue weighted by Crippen LogP contribution is -2.37. The zero-order chi connectivity index (χ0) is 20.5. The molecule has 0 spiro atoms. The number of ether oxygens (including phenoxy) is 1. The molecule has 6 heteroatoms. The van der Waals surface area contributed by atoms with Gasteiger partial charge >= 0.3 is 0 Å². The van der Waals surface area contributed by atoms with Crippen molar-refractivity contribution < 1.29 is 14.3 Å². The molecule has 5 nitrogen and oxygen atoms in total. The summed E-state index contributed by atoms with van der Waals surface area (Å²) in [6, 6.07) is 24.6. The summed E-state index contributed by atoms with van der Waals surface area (Å²) in [6.45, 7) is 0.449. The van der Waals surface area contributed by atoms with Crippen LogP contribution in [-0.4, -0.2) is 24.9 Å². The maximum Gasteiger partial charge on any atom is 0.252 e. The van der Waals surface area contributed by atoms with Crippen LogP contribution >= 0.6 is 22.6 Å². The minimum atomic E-state index is -0.251. The van der Waals surface area contributed by atoms with Gasteiger partial charge in [0.05, 0.1) is 12.1 Å². The summed E-state index contributed by atoms with van der Waals surface area (Å²) in [5.41, 5.74) is 1.66. The van der Waals surface area contributed by atoms with E-state index in [1.165, 1.54) is 0 Å². The highest BCUT2D eigenvalue weighted by Gasteiger charge is 2.10. The molecule has 0 saturated carbocycles. The second-order valence-electron chi connectivity index (χ2n) is 6.32. The maximum atomic E-state index is 12.1. The fourth-order valence-electron chi connectivity index (χ4n) is 2.66. The Kier molecular flexibility index (Phi) is 7.63. The Balaban J connectivity index is 1.39. The Bertz CT molecular complexity index is 959. The Morgan fingerprint density at radius 3 is 2.17 bits per heavy atom. The molecular formula is C23H21IN2O3. The van der Waals surface area contributed by atoms with Gasteiger partial charge in [0.1, 0.15) is 11.5 Å². The van der Waals surface area contributed by atoms with Crippen molar-refractivity contribution in [3.63, 3.8) is 0 Å². The van der Waals surface area contributed by atoms with Crippen LogP contribution in [0.4, 0.5) is 0 Å². The Morgan fingerprint density at radius 2 is 1.45 bits per heavy atom. The molecule has 0 aliphatic heterocycles. The molecule has 0 heterocycles. The van der Waals surface area contributed by atoms with Crippen LogP contribution < -0.4 is 15.4 Å². The van der Waals surface area contributed by atoms with Gasteiger partial charge in [-0.1, -0.05) is 42.5 Å². The molecule has 0 aliphatic carbocycles. The van der Waals surface area contributed by atoms with Crippen LogP contribution in [0.5, 0.6) is 11.5 Å². The molecule has 0 saturated heterocycles. The molecule has 3 aromatic rings. The number of amides is 2. The van der Waals surface area contributed by atoms with E-state index in [0.29, 0.717) is 18.5 Å². The van der Waals surface area contributed by atoms with Crippen LogP contribution in [-0.2, 0) is 11.2 Å². The van der Waals surface area contributed by atoms with Crippen LogP contribution in [0.2, 0.25) is 0 Å². The number of carbonyl (C=O) groups excluding carboxylic acids is 2. The minimum Gasteiger partial charge on any atom is -0.457 e. The lowest BCUT2D eigenvalue weighted by molar-refractivity contribution is -0.120. The van der Waals surface area contributed by atoms with Crippen molar-refractivity contribution in [3.8, 4) is 11.5 Å². The highest BCUT2D eigenvalue weighted by atomic mass is 127. The molecular weight excluding hydrogens is 479 g/mol. The first kappa shape index (κ1) is 20.9. The topological polar surface area (TPSA) is 67.4 Å². The Morgan fingerprint density at radius 1 is 0.793 bits per heavy atom. The van der Waals surface area contributed by atoms with E-state index in [0.717, 1.165) is 20.6 Å². The van der Waals surface area contributed by atoms with Crippen LogP contribution in [0.15, 0.2) is 78.9 Å². The molecule has 0 aromatic heterocycles. The Labute approximate surface area is 183 Å². The van der Waals surface area contributed by atoms with Gasteiger partial charge in [-0.3, -0.25) is 9.59 Å². The molecule has 0 bridgehead atoms. The van der Waals surface area contributed by atoms with E-state index >= 15 is 0 Å². The largest absolute Gasteiger partial charge is 0.457 e. The standard InChI is InChI=1S/C23H21IN2O3/c24-21-9-5-4-8-20(21)23(28)26-16-22(27)25-15-14-17-10-12-19(13-11-17)29-18-6-2-1-3-7-18/h1-13H,14-16H2,(H,25,27)(H,26,28). The molecule has 0 radical (unpaired) electrons. The van der Waals surface area contributed by atoms with E-state index in [4.69, 9.17) is 4.74 Å². The molecule has 2 N–H and O–H groups in total. The number of benzene rings is 3. The predicted octanol–water partition coefficient (Wildman–Crippen LogP) is 4.17. The van der Waals surface area contributed by atoms with Gasteiger partial charge in [0.2, 0.25) is 5.91 Å². The van der Waals surface area contributed by atoms with E-state index in [1.807, 2.05) is 66.7 Å². The summed E-state index contributed by atoms with van der Waals surface area (Å²) in [5.74, 6) is 1.09. The summed E-state index contributed by atoms with van der Waals surface area (Å²) < 4.78 is 6.61. The molecule has 148 valence electrons. The van der Waals surface area contributed by atoms with Crippen molar-refractivity contribution >= 4 is 34.4 Å². The minimum absolute atomic E-state index is 0.0480. The average molecular weight is 500 g/mol. The number of hydrogen-bond donors (Lipinski definition) is 2. The molecule has 0 aliphatic rings. The summed E-state index contributed by atoms with van der Waals surface area (Å²) in [5, 5.41) is 5.47. The van der Waals surface area contributed by atoms with E-state index in [2.05, 4.69) is 33.2 Å².